The van der Waals surface area contributed by atoms with Gasteiger partial charge >= 0.3 is 0 Å². The van der Waals surface area contributed by atoms with Gasteiger partial charge < -0.3 is 4.74 Å². The Balaban J connectivity index is 1.36. The fourth-order valence-corrected chi connectivity index (χ4v) is 2.97. The van der Waals surface area contributed by atoms with Gasteiger partial charge in [-0.15, -0.1) is 0 Å². The van der Waals surface area contributed by atoms with Crippen molar-refractivity contribution in [2.75, 3.05) is 6.61 Å². The van der Waals surface area contributed by atoms with E-state index in [0.29, 0.717) is 6.61 Å². The van der Waals surface area contributed by atoms with Gasteiger partial charge in [-0.25, -0.2) is 4.68 Å². The van der Waals surface area contributed by atoms with Gasteiger partial charge in [0.25, 0.3) is 0 Å². The summed E-state index contributed by atoms with van der Waals surface area (Å²) in [5.74, 6) is 0. The van der Waals surface area contributed by atoms with Gasteiger partial charge in [-0.3, -0.25) is 4.98 Å². The van der Waals surface area contributed by atoms with Gasteiger partial charge in [0.05, 0.1) is 17.8 Å². The lowest BCUT2D eigenvalue weighted by Gasteiger charge is -2.07. The first-order valence-corrected chi connectivity index (χ1v) is 8.90. The third-order valence-electron chi connectivity index (χ3n) is 4.34. The normalized spacial score (nSPS) is 11.1. The molecule has 2 aromatic heterocycles. The molecule has 4 rings (SSSR count). The molecule has 2 heterocycles. The van der Waals surface area contributed by atoms with Crippen molar-refractivity contribution in [1.29, 1.82) is 0 Å². The maximum Gasteiger partial charge on any atom is 0.0726 e. The Morgan fingerprint density at radius 3 is 2.65 bits per heavy atom. The van der Waals surface area contributed by atoms with E-state index < -0.39 is 0 Å². The average Bonchev–Trinajstić information content (AvgIpc) is 3.23. The monoisotopic (exact) mass is 343 g/mol. The van der Waals surface area contributed by atoms with E-state index in [0.717, 1.165) is 41.7 Å². The van der Waals surface area contributed by atoms with Gasteiger partial charge in [0, 0.05) is 30.1 Å². The molecule has 0 aliphatic heterocycles. The number of benzene rings is 2. The van der Waals surface area contributed by atoms with E-state index in [1.54, 1.807) is 6.20 Å². The molecule has 4 nitrogen and oxygen atoms in total. The third kappa shape index (κ3) is 3.98. The van der Waals surface area contributed by atoms with Crippen molar-refractivity contribution < 1.29 is 4.74 Å². The molecule has 0 fully saturated rings. The summed E-state index contributed by atoms with van der Waals surface area (Å²) >= 11 is 0. The van der Waals surface area contributed by atoms with Gasteiger partial charge in [0.2, 0.25) is 0 Å². The number of aryl methyl sites for hydroxylation is 1. The van der Waals surface area contributed by atoms with Crippen LogP contribution in [-0.2, 0) is 17.8 Å². The Kier molecular flexibility index (Phi) is 5.03. The molecule has 0 atom stereocenters. The lowest BCUT2D eigenvalue weighted by Crippen LogP contribution is -1.99. The predicted octanol–water partition coefficient (Wildman–Crippen LogP) is 4.57. The molecular formula is C22H21N3O. The van der Waals surface area contributed by atoms with Crippen LogP contribution < -0.4 is 0 Å². The molecule has 26 heavy (non-hydrogen) atoms. The van der Waals surface area contributed by atoms with E-state index in [4.69, 9.17) is 9.72 Å². The summed E-state index contributed by atoms with van der Waals surface area (Å²) < 4.78 is 7.61. The average molecular weight is 343 g/mol. The highest BCUT2D eigenvalue weighted by Gasteiger charge is 2.03. The number of nitrogens with zero attached hydrogens (tertiary/aromatic N) is 3. The van der Waals surface area contributed by atoms with Gasteiger partial charge in [-0.1, -0.05) is 42.5 Å². The van der Waals surface area contributed by atoms with E-state index in [-0.39, 0.29) is 0 Å². The van der Waals surface area contributed by atoms with Crippen LogP contribution >= 0.6 is 0 Å². The van der Waals surface area contributed by atoms with Crippen LogP contribution in [0.3, 0.4) is 0 Å². The molecule has 130 valence electrons. The summed E-state index contributed by atoms with van der Waals surface area (Å²) in [5.41, 5.74) is 4.33. The fourth-order valence-electron chi connectivity index (χ4n) is 2.97. The number of aromatic nitrogens is 3. The second kappa shape index (κ2) is 7.93. The summed E-state index contributed by atoms with van der Waals surface area (Å²) in [7, 11) is 0. The van der Waals surface area contributed by atoms with E-state index in [9.17, 15) is 0 Å². The third-order valence-corrected chi connectivity index (χ3v) is 4.34. The molecule has 0 aliphatic carbocycles. The van der Waals surface area contributed by atoms with Crippen molar-refractivity contribution in [3.63, 3.8) is 0 Å². The van der Waals surface area contributed by atoms with Crippen LogP contribution in [0.5, 0.6) is 0 Å². The minimum atomic E-state index is 0.666. The summed E-state index contributed by atoms with van der Waals surface area (Å²) in [4.78, 5) is 4.80. The fraction of sp³-hybridized carbons (Fsp3) is 0.182. The van der Waals surface area contributed by atoms with Gasteiger partial charge in [-0.2, -0.15) is 5.10 Å². The van der Waals surface area contributed by atoms with Crippen molar-refractivity contribution in [3.05, 3.63) is 90.4 Å². The van der Waals surface area contributed by atoms with Crippen LogP contribution in [-0.4, -0.2) is 21.4 Å². The molecule has 0 saturated carbocycles. The molecular weight excluding hydrogens is 322 g/mol. The summed E-state index contributed by atoms with van der Waals surface area (Å²) in [6, 6.07) is 22.7. The maximum absolute atomic E-state index is 5.76. The summed E-state index contributed by atoms with van der Waals surface area (Å²) in [5, 5.41) is 5.43. The van der Waals surface area contributed by atoms with Crippen LogP contribution in [0.4, 0.5) is 0 Å². The molecule has 0 aliphatic rings. The van der Waals surface area contributed by atoms with Crippen LogP contribution in [0.1, 0.15) is 17.7 Å². The second-order valence-electron chi connectivity index (χ2n) is 6.27. The lowest BCUT2D eigenvalue weighted by atomic mass is 10.1. The zero-order chi connectivity index (χ0) is 17.6. The molecule has 0 spiro atoms. The second-order valence-corrected chi connectivity index (χ2v) is 6.27. The smallest absolute Gasteiger partial charge is 0.0726 e. The standard InChI is InChI=1S/C22H21N3O/c1-2-6-18(7-3-1)17-26-15-4-8-20-11-9-19-10-12-21(16-22(19)24-20)25-14-5-13-23-25/h1-3,5-7,9-14,16H,4,8,15,17H2. The van der Waals surface area contributed by atoms with E-state index in [2.05, 4.69) is 47.6 Å². The van der Waals surface area contributed by atoms with Crippen LogP contribution in [0.25, 0.3) is 16.6 Å². The summed E-state index contributed by atoms with van der Waals surface area (Å²) in [6.07, 6.45) is 5.60. The maximum atomic E-state index is 5.76. The highest BCUT2D eigenvalue weighted by atomic mass is 16.5. The molecule has 4 aromatic rings. The van der Waals surface area contributed by atoms with E-state index in [1.807, 2.05) is 35.1 Å². The predicted molar refractivity (Wildman–Crippen MR) is 103 cm³/mol. The number of hydrogen-bond donors (Lipinski definition) is 0. The Hall–Kier alpha value is -2.98. The largest absolute Gasteiger partial charge is 0.377 e. The van der Waals surface area contributed by atoms with Crippen molar-refractivity contribution in [3.8, 4) is 5.69 Å². The lowest BCUT2D eigenvalue weighted by molar-refractivity contribution is 0.118. The van der Waals surface area contributed by atoms with E-state index in [1.165, 1.54) is 5.56 Å². The molecule has 0 bridgehead atoms. The number of fused-ring (bicyclic) bond motifs is 1. The minimum Gasteiger partial charge on any atom is -0.377 e. The number of ether oxygens (including phenoxy) is 1. The highest BCUT2D eigenvalue weighted by Crippen LogP contribution is 2.17. The van der Waals surface area contributed by atoms with Gasteiger partial charge in [0.15, 0.2) is 0 Å². The Labute approximate surface area is 153 Å². The zero-order valence-electron chi connectivity index (χ0n) is 14.6. The Bertz CT molecular complexity index is 965. The van der Waals surface area contributed by atoms with Crippen molar-refractivity contribution in [1.82, 2.24) is 14.8 Å². The molecule has 0 radical (unpaired) electrons. The molecule has 0 unspecified atom stereocenters. The van der Waals surface area contributed by atoms with Crippen LogP contribution in [0.15, 0.2) is 79.1 Å². The quantitative estimate of drug-likeness (QED) is 0.462. The van der Waals surface area contributed by atoms with Crippen LogP contribution in [0, 0.1) is 0 Å². The van der Waals surface area contributed by atoms with Crippen LogP contribution in [0.2, 0.25) is 0 Å². The molecule has 2 aromatic carbocycles. The first kappa shape index (κ1) is 16.5. The number of hydrogen-bond acceptors (Lipinski definition) is 3. The topological polar surface area (TPSA) is 39.9 Å². The highest BCUT2D eigenvalue weighted by molar-refractivity contribution is 5.80. The number of pyridine rings is 1. The molecule has 0 amide bonds. The van der Waals surface area contributed by atoms with Crippen molar-refractivity contribution >= 4 is 10.9 Å². The first-order chi connectivity index (χ1) is 12.9. The number of rotatable bonds is 7. The van der Waals surface area contributed by atoms with Gasteiger partial charge in [0.1, 0.15) is 0 Å². The summed E-state index contributed by atoms with van der Waals surface area (Å²) in [6.45, 7) is 1.40. The van der Waals surface area contributed by atoms with E-state index >= 15 is 0 Å². The Morgan fingerprint density at radius 1 is 0.923 bits per heavy atom. The van der Waals surface area contributed by atoms with Crippen molar-refractivity contribution in [2.24, 2.45) is 0 Å². The minimum absolute atomic E-state index is 0.666. The zero-order valence-corrected chi connectivity index (χ0v) is 14.6. The van der Waals surface area contributed by atoms with Crippen molar-refractivity contribution in [2.45, 2.75) is 19.4 Å². The molecule has 4 heteroatoms. The molecule has 0 saturated heterocycles. The first-order valence-electron chi connectivity index (χ1n) is 8.90. The Morgan fingerprint density at radius 2 is 1.81 bits per heavy atom. The SMILES string of the molecule is c1ccc(COCCCc2ccc3ccc(-n4cccn4)cc3n2)cc1. The molecule has 0 N–H and O–H groups in total. The van der Waals surface area contributed by atoms with Gasteiger partial charge in [-0.05, 0) is 42.7 Å².